The summed E-state index contributed by atoms with van der Waals surface area (Å²) in [5.41, 5.74) is 4.53. The van der Waals surface area contributed by atoms with Crippen molar-refractivity contribution in [2.75, 3.05) is 5.32 Å². The number of hydrogen-bond donors (Lipinski definition) is 1. The van der Waals surface area contributed by atoms with Gasteiger partial charge in [-0.25, -0.2) is 9.97 Å². The minimum atomic E-state index is 0.669. The monoisotopic (exact) mass is 374 g/mol. The quantitative estimate of drug-likeness (QED) is 0.491. The molecule has 24 heavy (non-hydrogen) atoms. The number of benzene rings is 1. The van der Waals surface area contributed by atoms with Gasteiger partial charge in [-0.3, -0.25) is 4.40 Å². The van der Waals surface area contributed by atoms with Crippen molar-refractivity contribution in [2.45, 2.75) is 6.92 Å². The number of anilines is 2. The van der Waals surface area contributed by atoms with Crippen molar-refractivity contribution in [3.8, 4) is 11.4 Å². The Morgan fingerprint density at radius 2 is 1.83 bits per heavy atom. The number of aryl methyl sites for hydroxylation is 1. The van der Waals surface area contributed by atoms with Crippen LogP contribution in [0.15, 0.2) is 48.0 Å². The third-order valence-electron chi connectivity index (χ3n) is 3.60. The van der Waals surface area contributed by atoms with Gasteiger partial charge in [0.15, 0.2) is 5.13 Å². The number of nitrogens with zero attached hydrogens (tertiary/aromatic N) is 3. The Bertz CT molecular complexity index is 1020. The van der Waals surface area contributed by atoms with Crippen LogP contribution in [0.4, 0.5) is 10.8 Å². The molecule has 0 aliphatic rings. The van der Waals surface area contributed by atoms with E-state index in [1.807, 2.05) is 59.3 Å². The molecule has 0 spiro atoms. The van der Waals surface area contributed by atoms with Crippen LogP contribution in [0.5, 0.6) is 0 Å². The van der Waals surface area contributed by atoms with Gasteiger partial charge in [0.05, 0.1) is 11.4 Å². The zero-order chi connectivity index (χ0) is 16.7. The highest BCUT2D eigenvalue weighted by molar-refractivity contribution is 7.14. The Balaban J connectivity index is 1.70. The van der Waals surface area contributed by atoms with Crippen LogP contribution in [0, 0.1) is 6.92 Å². The lowest BCUT2D eigenvalue weighted by molar-refractivity contribution is 1.17. The van der Waals surface area contributed by atoms with Gasteiger partial charge in [-0.15, -0.1) is 11.3 Å². The van der Waals surface area contributed by atoms with Gasteiger partial charge >= 0.3 is 0 Å². The Hall–Kier alpha value is -2.08. The lowest BCUT2D eigenvalue weighted by Gasteiger charge is -2.02. The van der Waals surface area contributed by atoms with Crippen molar-refractivity contribution in [1.29, 1.82) is 0 Å². The van der Waals surface area contributed by atoms with Crippen molar-refractivity contribution in [3.63, 3.8) is 0 Å². The van der Waals surface area contributed by atoms with Crippen LogP contribution < -0.4 is 5.32 Å². The molecule has 3 heterocycles. The fraction of sp³-hybridized carbons (Fsp3) is 0.0588. The second-order valence-corrected chi connectivity index (χ2v) is 7.02. The van der Waals surface area contributed by atoms with E-state index >= 15 is 0 Å². The number of thiazole rings is 1. The zero-order valence-electron chi connectivity index (χ0n) is 12.6. The van der Waals surface area contributed by atoms with E-state index in [-0.39, 0.29) is 0 Å². The van der Waals surface area contributed by atoms with Crippen LogP contribution >= 0.6 is 34.5 Å². The number of halogens is 2. The van der Waals surface area contributed by atoms with Crippen LogP contribution in [0.2, 0.25) is 10.0 Å². The third-order valence-corrected chi connectivity index (χ3v) is 4.85. The summed E-state index contributed by atoms with van der Waals surface area (Å²) in [6.45, 7) is 1.97. The molecule has 0 atom stereocenters. The van der Waals surface area contributed by atoms with Crippen molar-refractivity contribution in [3.05, 3.63) is 63.7 Å². The van der Waals surface area contributed by atoms with Crippen LogP contribution in [-0.2, 0) is 0 Å². The number of pyridine rings is 1. The van der Waals surface area contributed by atoms with Gasteiger partial charge in [-0.05, 0) is 37.3 Å². The summed E-state index contributed by atoms with van der Waals surface area (Å²) in [5, 5.41) is 7.50. The van der Waals surface area contributed by atoms with E-state index in [2.05, 4.69) is 15.3 Å². The van der Waals surface area contributed by atoms with Gasteiger partial charge in [0.2, 0.25) is 0 Å². The molecular formula is C17H12Cl2N4S. The molecule has 4 rings (SSSR count). The van der Waals surface area contributed by atoms with E-state index in [1.165, 1.54) is 0 Å². The van der Waals surface area contributed by atoms with Crippen molar-refractivity contribution in [1.82, 2.24) is 14.4 Å². The fourth-order valence-corrected chi connectivity index (χ4v) is 3.54. The fourth-order valence-electron chi connectivity index (χ4n) is 2.54. The molecule has 4 nitrogen and oxygen atoms in total. The normalized spacial score (nSPS) is 11.1. The first kappa shape index (κ1) is 15.4. The lowest BCUT2D eigenvalue weighted by atomic mass is 10.3. The third kappa shape index (κ3) is 2.86. The molecule has 0 saturated heterocycles. The Kier molecular flexibility index (Phi) is 3.92. The molecular weight excluding hydrogens is 363 g/mol. The predicted octanol–water partition coefficient (Wildman–Crippen LogP) is 5.82. The van der Waals surface area contributed by atoms with E-state index in [0.717, 1.165) is 33.5 Å². The molecule has 1 N–H and O–H groups in total. The summed E-state index contributed by atoms with van der Waals surface area (Å²) in [6.07, 6.45) is 1.92. The predicted molar refractivity (Wildman–Crippen MR) is 101 cm³/mol. The Morgan fingerprint density at radius 1 is 1.04 bits per heavy atom. The molecule has 0 bridgehead atoms. The molecule has 120 valence electrons. The molecule has 0 aliphatic heterocycles. The summed E-state index contributed by atoms with van der Waals surface area (Å²) in [5.74, 6) is 0. The molecule has 0 aliphatic carbocycles. The first-order chi connectivity index (χ1) is 11.6. The van der Waals surface area contributed by atoms with Gasteiger partial charge in [0.25, 0.3) is 0 Å². The van der Waals surface area contributed by atoms with E-state index < -0.39 is 0 Å². The van der Waals surface area contributed by atoms with Gasteiger partial charge in [-0.2, -0.15) is 0 Å². The first-order valence-corrected chi connectivity index (χ1v) is 8.86. The summed E-state index contributed by atoms with van der Waals surface area (Å²) >= 11 is 13.5. The molecule has 0 saturated carbocycles. The number of hydrogen-bond acceptors (Lipinski definition) is 4. The molecule has 3 aromatic heterocycles. The maximum absolute atomic E-state index is 6.05. The van der Waals surface area contributed by atoms with Crippen LogP contribution in [0.3, 0.4) is 0 Å². The minimum Gasteiger partial charge on any atom is -0.332 e. The molecule has 0 amide bonds. The highest BCUT2D eigenvalue weighted by atomic mass is 35.5. The van der Waals surface area contributed by atoms with E-state index in [0.29, 0.717) is 10.0 Å². The lowest BCUT2D eigenvalue weighted by Crippen LogP contribution is -1.91. The smallest absolute Gasteiger partial charge is 0.187 e. The SMILES string of the molecule is Cc1nc2cc(Cl)ccn2c1-c1csc(Nc2ccc(Cl)cc2)n1. The average molecular weight is 375 g/mol. The molecule has 0 fully saturated rings. The molecule has 1 aromatic carbocycles. The van der Waals surface area contributed by atoms with Gasteiger partial charge in [0.1, 0.15) is 11.3 Å². The maximum atomic E-state index is 6.05. The average Bonchev–Trinajstić information content (AvgIpc) is 3.12. The van der Waals surface area contributed by atoms with Crippen LogP contribution in [0.1, 0.15) is 5.69 Å². The van der Waals surface area contributed by atoms with E-state index in [4.69, 9.17) is 23.2 Å². The topological polar surface area (TPSA) is 42.2 Å². The van der Waals surface area contributed by atoms with E-state index in [9.17, 15) is 0 Å². The maximum Gasteiger partial charge on any atom is 0.187 e. The number of fused-ring (bicyclic) bond motifs is 1. The second kappa shape index (κ2) is 6.09. The van der Waals surface area contributed by atoms with Gasteiger partial charge < -0.3 is 5.32 Å². The zero-order valence-corrected chi connectivity index (χ0v) is 15.0. The van der Waals surface area contributed by atoms with E-state index in [1.54, 1.807) is 11.3 Å². The Labute approximate surface area is 152 Å². The molecule has 0 radical (unpaired) electrons. The molecule has 0 unspecified atom stereocenters. The largest absolute Gasteiger partial charge is 0.332 e. The standard InChI is InChI=1S/C17H12Cl2N4S/c1-10-16(23-7-6-12(19)8-15(23)20-10)14-9-24-17(22-14)21-13-4-2-11(18)3-5-13/h2-9H,1H3,(H,21,22). The first-order valence-electron chi connectivity index (χ1n) is 7.23. The van der Waals surface area contributed by atoms with Gasteiger partial charge in [-0.1, -0.05) is 23.2 Å². The van der Waals surface area contributed by atoms with Crippen molar-refractivity contribution in [2.24, 2.45) is 0 Å². The number of imidazole rings is 1. The molecule has 7 heteroatoms. The molecule has 4 aromatic rings. The summed E-state index contributed by atoms with van der Waals surface area (Å²) in [7, 11) is 0. The Morgan fingerprint density at radius 3 is 2.62 bits per heavy atom. The summed E-state index contributed by atoms with van der Waals surface area (Å²) < 4.78 is 2.00. The number of aromatic nitrogens is 3. The number of nitrogens with one attached hydrogen (secondary N) is 1. The van der Waals surface area contributed by atoms with Crippen molar-refractivity contribution < 1.29 is 0 Å². The highest BCUT2D eigenvalue weighted by Crippen LogP contribution is 2.30. The minimum absolute atomic E-state index is 0.669. The van der Waals surface area contributed by atoms with Gasteiger partial charge in [0, 0.05) is 33.4 Å². The second-order valence-electron chi connectivity index (χ2n) is 5.29. The van der Waals surface area contributed by atoms with Crippen LogP contribution in [-0.4, -0.2) is 14.4 Å². The van der Waals surface area contributed by atoms with Crippen molar-refractivity contribution >= 4 is 51.0 Å². The summed E-state index contributed by atoms with van der Waals surface area (Å²) in [4.78, 5) is 9.25. The van der Waals surface area contributed by atoms with Crippen LogP contribution in [0.25, 0.3) is 17.0 Å². The summed E-state index contributed by atoms with van der Waals surface area (Å²) in [6, 6.07) is 11.2. The highest BCUT2D eigenvalue weighted by Gasteiger charge is 2.14. The number of rotatable bonds is 3.